The molecule has 3 fully saturated rings. The van der Waals surface area contributed by atoms with Crippen LogP contribution < -0.4 is 5.73 Å². The number of hydrogen-bond acceptors (Lipinski definition) is 1. The van der Waals surface area contributed by atoms with Crippen molar-refractivity contribution in [3.05, 3.63) is 0 Å². The molecule has 0 saturated heterocycles. The Morgan fingerprint density at radius 1 is 1.42 bits per heavy atom. The lowest BCUT2D eigenvalue weighted by atomic mass is 9.71. The molecule has 3 rings (SSSR count). The van der Waals surface area contributed by atoms with E-state index in [2.05, 4.69) is 13.8 Å². The van der Waals surface area contributed by atoms with Gasteiger partial charge in [-0.1, -0.05) is 13.8 Å². The summed E-state index contributed by atoms with van der Waals surface area (Å²) >= 11 is 0. The van der Waals surface area contributed by atoms with Gasteiger partial charge in [-0.25, -0.2) is 0 Å². The Morgan fingerprint density at radius 3 is 2.50 bits per heavy atom. The van der Waals surface area contributed by atoms with Crippen LogP contribution in [-0.2, 0) is 0 Å². The molecule has 1 heteroatoms. The van der Waals surface area contributed by atoms with E-state index in [0.717, 1.165) is 23.7 Å². The van der Waals surface area contributed by atoms with Crippen molar-refractivity contribution in [3.8, 4) is 0 Å². The van der Waals surface area contributed by atoms with E-state index >= 15 is 0 Å². The monoisotopic (exact) mass is 167 g/mol. The van der Waals surface area contributed by atoms with E-state index in [1.54, 1.807) is 0 Å². The van der Waals surface area contributed by atoms with Crippen LogP contribution in [0.1, 0.15) is 46.0 Å². The molecule has 1 nitrogen and oxygen atoms in total. The topological polar surface area (TPSA) is 26.0 Å². The molecule has 12 heavy (non-hydrogen) atoms. The summed E-state index contributed by atoms with van der Waals surface area (Å²) in [6.45, 7) is 4.65. The molecule has 0 aromatic rings. The normalized spacial score (nSPS) is 47.2. The van der Waals surface area contributed by atoms with Gasteiger partial charge in [0.25, 0.3) is 0 Å². The number of fused-ring (bicyclic) bond motifs is 1. The minimum absolute atomic E-state index is 0.470. The highest BCUT2D eigenvalue weighted by molar-refractivity contribution is 5.03. The summed E-state index contributed by atoms with van der Waals surface area (Å²) < 4.78 is 0. The first-order valence-corrected chi connectivity index (χ1v) is 5.38. The SMILES string of the molecule is CC[C@@H](N)CC1CC2(C)CC1C2. The number of nitrogens with two attached hydrogens (primary N) is 1. The zero-order valence-corrected chi connectivity index (χ0v) is 8.34. The minimum atomic E-state index is 0.470. The molecule has 3 aliphatic carbocycles. The third-order valence-electron chi connectivity index (χ3n) is 4.06. The van der Waals surface area contributed by atoms with E-state index in [1.807, 2.05) is 0 Å². The second-order valence-corrected chi connectivity index (χ2v) is 5.35. The van der Waals surface area contributed by atoms with Gasteiger partial charge < -0.3 is 5.73 Å². The molecule has 70 valence electrons. The second kappa shape index (κ2) is 2.73. The van der Waals surface area contributed by atoms with Crippen LogP contribution in [0.25, 0.3) is 0 Å². The fourth-order valence-corrected chi connectivity index (χ4v) is 3.34. The Labute approximate surface area is 75.7 Å². The van der Waals surface area contributed by atoms with Gasteiger partial charge in [-0.05, 0) is 49.4 Å². The molecule has 0 heterocycles. The van der Waals surface area contributed by atoms with Crippen molar-refractivity contribution in [1.82, 2.24) is 0 Å². The molecule has 3 saturated carbocycles. The molecule has 2 N–H and O–H groups in total. The van der Waals surface area contributed by atoms with Crippen LogP contribution in [0, 0.1) is 17.3 Å². The van der Waals surface area contributed by atoms with Gasteiger partial charge in [0.15, 0.2) is 0 Å². The molecular formula is C11H21N. The van der Waals surface area contributed by atoms with Gasteiger partial charge >= 0.3 is 0 Å². The summed E-state index contributed by atoms with van der Waals surface area (Å²) in [6.07, 6.45) is 6.89. The van der Waals surface area contributed by atoms with Crippen LogP contribution in [0.5, 0.6) is 0 Å². The lowest BCUT2D eigenvalue weighted by Crippen LogP contribution is -2.26. The van der Waals surface area contributed by atoms with Gasteiger partial charge in [-0.15, -0.1) is 0 Å². The first kappa shape index (κ1) is 8.55. The summed E-state index contributed by atoms with van der Waals surface area (Å²) in [5.41, 5.74) is 6.72. The van der Waals surface area contributed by atoms with Crippen molar-refractivity contribution in [2.75, 3.05) is 0 Å². The molecule has 0 spiro atoms. The smallest absolute Gasteiger partial charge is 0.00389 e. The van der Waals surface area contributed by atoms with Crippen molar-refractivity contribution in [3.63, 3.8) is 0 Å². The quantitative estimate of drug-likeness (QED) is 0.687. The van der Waals surface area contributed by atoms with Crippen molar-refractivity contribution in [2.45, 2.75) is 52.0 Å². The summed E-state index contributed by atoms with van der Waals surface area (Å²) in [7, 11) is 0. The fraction of sp³-hybridized carbons (Fsp3) is 1.00. The first-order valence-electron chi connectivity index (χ1n) is 5.38. The van der Waals surface area contributed by atoms with E-state index in [9.17, 15) is 0 Å². The molecule has 0 radical (unpaired) electrons. The lowest BCUT2D eigenvalue weighted by Gasteiger charge is -2.35. The van der Waals surface area contributed by atoms with Gasteiger partial charge in [0.2, 0.25) is 0 Å². The van der Waals surface area contributed by atoms with E-state index in [-0.39, 0.29) is 0 Å². The molecule has 1 unspecified atom stereocenters. The Morgan fingerprint density at radius 2 is 2.08 bits per heavy atom. The molecule has 3 aliphatic rings. The summed E-state index contributed by atoms with van der Waals surface area (Å²) in [5, 5.41) is 0. The van der Waals surface area contributed by atoms with Crippen LogP contribution in [0.2, 0.25) is 0 Å². The fourth-order valence-electron chi connectivity index (χ4n) is 3.34. The van der Waals surface area contributed by atoms with Crippen LogP contribution in [0.3, 0.4) is 0 Å². The van der Waals surface area contributed by atoms with Crippen LogP contribution in [-0.4, -0.2) is 6.04 Å². The van der Waals surface area contributed by atoms with Crippen LogP contribution >= 0.6 is 0 Å². The van der Waals surface area contributed by atoms with Crippen molar-refractivity contribution < 1.29 is 0 Å². The predicted molar refractivity (Wildman–Crippen MR) is 51.8 cm³/mol. The summed E-state index contributed by atoms with van der Waals surface area (Å²) in [5.74, 6) is 2.03. The van der Waals surface area contributed by atoms with E-state index in [4.69, 9.17) is 5.73 Å². The molecule has 2 bridgehead atoms. The minimum Gasteiger partial charge on any atom is -0.328 e. The molecule has 0 aliphatic heterocycles. The van der Waals surface area contributed by atoms with Crippen molar-refractivity contribution >= 4 is 0 Å². The maximum Gasteiger partial charge on any atom is 0.00389 e. The summed E-state index contributed by atoms with van der Waals surface area (Å²) in [6, 6.07) is 0.470. The third-order valence-corrected chi connectivity index (χ3v) is 4.06. The number of hydrogen-bond donors (Lipinski definition) is 1. The zero-order chi connectivity index (χ0) is 8.77. The van der Waals surface area contributed by atoms with E-state index in [0.29, 0.717) is 6.04 Å². The molecular weight excluding hydrogens is 146 g/mol. The maximum absolute atomic E-state index is 5.98. The van der Waals surface area contributed by atoms with Crippen molar-refractivity contribution in [1.29, 1.82) is 0 Å². The predicted octanol–water partition coefficient (Wildman–Crippen LogP) is 2.55. The van der Waals surface area contributed by atoms with Gasteiger partial charge in [0.05, 0.1) is 0 Å². The van der Waals surface area contributed by atoms with Gasteiger partial charge in [0.1, 0.15) is 0 Å². The second-order valence-electron chi connectivity index (χ2n) is 5.35. The van der Waals surface area contributed by atoms with Crippen molar-refractivity contribution in [2.24, 2.45) is 23.0 Å². The molecule has 0 aromatic carbocycles. The Hall–Kier alpha value is -0.0400. The maximum atomic E-state index is 5.98. The zero-order valence-electron chi connectivity index (χ0n) is 8.34. The number of rotatable bonds is 3. The standard InChI is InChI=1S/C11H21N/c1-3-10(12)4-8-5-11(2)6-9(8)7-11/h8-10H,3-7,12H2,1-2H3/t8?,9?,10-,11?/m1/s1. The van der Waals surface area contributed by atoms with Gasteiger partial charge in [0, 0.05) is 6.04 Å². The highest BCUT2D eigenvalue weighted by Crippen LogP contribution is 2.62. The third kappa shape index (κ3) is 1.28. The average molecular weight is 167 g/mol. The Bertz CT molecular complexity index is 170. The van der Waals surface area contributed by atoms with Crippen LogP contribution in [0.15, 0.2) is 0 Å². The Balaban J connectivity index is 1.84. The molecule has 2 atom stereocenters. The van der Waals surface area contributed by atoms with Crippen LogP contribution in [0.4, 0.5) is 0 Å². The van der Waals surface area contributed by atoms with E-state index in [1.165, 1.54) is 25.7 Å². The average Bonchev–Trinajstić information content (AvgIpc) is 2.40. The summed E-state index contributed by atoms with van der Waals surface area (Å²) in [4.78, 5) is 0. The first-order chi connectivity index (χ1) is 5.63. The highest BCUT2D eigenvalue weighted by atomic mass is 14.7. The van der Waals surface area contributed by atoms with Gasteiger partial charge in [-0.3, -0.25) is 0 Å². The molecule has 0 aromatic heterocycles. The highest BCUT2D eigenvalue weighted by Gasteiger charge is 2.52. The lowest BCUT2D eigenvalue weighted by molar-refractivity contribution is 0.161. The Kier molecular flexibility index (Phi) is 1.95. The van der Waals surface area contributed by atoms with E-state index < -0.39 is 0 Å². The van der Waals surface area contributed by atoms with Gasteiger partial charge in [-0.2, -0.15) is 0 Å². The molecule has 0 amide bonds. The largest absolute Gasteiger partial charge is 0.328 e.